The van der Waals surface area contributed by atoms with Crippen LogP contribution in [0.4, 0.5) is 0 Å². The van der Waals surface area contributed by atoms with Crippen LogP contribution in [0.5, 0.6) is 0 Å². The summed E-state index contributed by atoms with van der Waals surface area (Å²) in [5, 5.41) is 2.28. The Morgan fingerprint density at radius 1 is 1.27 bits per heavy atom. The fourth-order valence-electron chi connectivity index (χ4n) is 1.23. The molecule has 66 valence electrons. The molecule has 1 nitrogen and oxygen atoms in total. The molecule has 0 aromatic heterocycles. The zero-order chi connectivity index (χ0) is 7.94. The fraction of sp³-hybridized carbons (Fsp3) is 1.00. The lowest BCUT2D eigenvalue weighted by atomic mass is 10.1. The van der Waals surface area contributed by atoms with E-state index in [-0.39, 0.29) is 0 Å². The molecule has 3 heteroatoms. The first-order valence-electron chi connectivity index (χ1n) is 4.33. The summed E-state index contributed by atoms with van der Waals surface area (Å²) in [4.78, 5) is 0. The topological polar surface area (TPSA) is 26.0 Å². The van der Waals surface area contributed by atoms with Crippen molar-refractivity contribution in [1.29, 1.82) is 0 Å². The van der Waals surface area contributed by atoms with E-state index in [1.807, 2.05) is 0 Å². The van der Waals surface area contributed by atoms with E-state index in [4.69, 9.17) is 5.73 Å². The van der Waals surface area contributed by atoms with Gasteiger partial charge in [0.15, 0.2) is 0 Å². The second kappa shape index (κ2) is 6.21. The summed E-state index contributed by atoms with van der Waals surface area (Å²) in [5.74, 6) is 1.38. The summed E-state index contributed by atoms with van der Waals surface area (Å²) in [6, 6.07) is 0. The first-order valence-corrected chi connectivity index (χ1v) is 6.53. The second-order valence-corrected chi connectivity index (χ2v) is 5.60. The molecule has 0 spiro atoms. The SMILES string of the molecule is NCCCCCC1CSCS1. The number of rotatable bonds is 5. The predicted octanol–water partition coefficient (Wildman–Crippen LogP) is 2.31. The van der Waals surface area contributed by atoms with E-state index < -0.39 is 0 Å². The minimum atomic E-state index is 0.868. The summed E-state index contributed by atoms with van der Waals surface area (Å²) in [7, 11) is 0. The fourth-order valence-corrected chi connectivity index (χ4v) is 4.21. The van der Waals surface area contributed by atoms with Gasteiger partial charge in [-0.1, -0.05) is 12.8 Å². The zero-order valence-electron chi connectivity index (χ0n) is 6.92. The molecule has 0 aromatic carbocycles. The van der Waals surface area contributed by atoms with Crippen molar-refractivity contribution in [3.8, 4) is 0 Å². The smallest absolute Gasteiger partial charge is 0.0395 e. The Morgan fingerprint density at radius 3 is 2.82 bits per heavy atom. The quantitative estimate of drug-likeness (QED) is 0.675. The molecule has 0 radical (unpaired) electrons. The van der Waals surface area contributed by atoms with Crippen LogP contribution in [0.15, 0.2) is 0 Å². The van der Waals surface area contributed by atoms with Gasteiger partial charge in [0.05, 0.1) is 0 Å². The first kappa shape index (κ1) is 9.75. The highest BCUT2D eigenvalue weighted by Gasteiger charge is 2.14. The Morgan fingerprint density at radius 2 is 2.18 bits per heavy atom. The maximum atomic E-state index is 5.41. The van der Waals surface area contributed by atoms with Crippen LogP contribution in [-0.2, 0) is 0 Å². The van der Waals surface area contributed by atoms with Crippen molar-refractivity contribution in [2.24, 2.45) is 5.73 Å². The highest BCUT2D eigenvalue weighted by atomic mass is 32.2. The molecule has 0 aliphatic carbocycles. The van der Waals surface area contributed by atoms with E-state index in [1.165, 1.54) is 36.5 Å². The van der Waals surface area contributed by atoms with Crippen molar-refractivity contribution in [1.82, 2.24) is 0 Å². The lowest BCUT2D eigenvalue weighted by molar-refractivity contribution is 0.648. The monoisotopic (exact) mass is 191 g/mol. The van der Waals surface area contributed by atoms with Crippen LogP contribution in [-0.4, -0.2) is 22.6 Å². The Bertz CT molecular complexity index is 92.1. The van der Waals surface area contributed by atoms with Crippen LogP contribution in [0.2, 0.25) is 0 Å². The van der Waals surface area contributed by atoms with Crippen LogP contribution in [0, 0.1) is 0 Å². The summed E-state index contributed by atoms with van der Waals surface area (Å²) in [5.41, 5.74) is 5.41. The minimum Gasteiger partial charge on any atom is -0.330 e. The van der Waals surface area contributed by atoms with Crippen LogP contribution < -0.4 is 5.73 Å². The van der Waals surface area contributed by atoms with Gasteiger partial charge in [0.2, 0.25) is 0 Å². The molecule has 1 saturated heterocycles. The van der Waals surface area contributed by atoms with Crippen molar-refractivity contribution in [3.05, 3.63) is 0 Å². The highest BCUT2D eigenvalue weighted by Crippen LogP contribution is 2.32. The standard InChI is InChI=1S/C8H17NS2/c9-5-3-1-2-4-8-6-10-7-11-8/h8H,1-7,9H2. The van der Waals surface area contributed by atoms with Crippen LogP contribution in [0.3, 0.4) is 0 Å². The normalized spacial score (nSPS) is 24.3. The van der Waals surface area contributed by atoms with Gasteiger partial charge in [0.1, 0.15) is 0 Å². The van der Waals surface area contributed by atoms with Gasteiger partial charge in [-0.05, 0) is 19.4 Å². The third kappa shape index (κ3) is 4.28. The van der Waals surface area contributed by atoms with Gasteiger partial charge in [-0.25, -0.2) is 0 Å². The molecule has 2 N–H and O–H groups in total. The molecule has 1 aliphatic heterocycles. The third-order valence-corrected chi connectivity index (χ3v) is 4.85. The largest absolute Gasteiger partial charge is 0.330 e. The maximum Gasteiger partial charge on any atom is 0.0395 e. The third-order valence-electron chi connectivity index (χ3n) is 1.92. The van der Waals surface area contributed by atoms with E-state index in [2.05, 4.69) is 23.5 Å². The van der Waals surface area contributed by atoms with Gasteiger partial charge in [0, 0.05) is 16.1 Å². The van der Waals surface area contributed by atoms with E-state index >= 15 is 0 Å². The molecule has 1 atom stereocenters. The Balaban J connectivity index is 1.86. The van der Waals surface area contributed by atoms with E-state index in [0.717, 1.165) is 11.8 Å². The average Bonchev–Trinajstić information content (AvgIpc) is 2.50. The lowest BCUT2D eigenvalue weighted by Gasteiger charge is -2.05. The lowest BCUT2D eigenvalue weighted by Crippen LogP contribution is -2.02. The zero-order valence-corrected chi connectivity index (χ0v) is 8.55. The van der Waals surface area contributed by atoms with Crippen LogP contribution in [0.25, 0.3) is 0 Å². The molecule has 0 bridgehead atoms. The van der Waals surface area contributed by atoms with Crippen molar-refractivity contribution in [3.63, 3.8) is 0 Å². The molecule has 1 fully saturated rings. The molecule has 1 rings (SSSR count). The first-order chi connectivity index (χ1) is 5.43. The summed E-state index contributed by atoms with van der Waals surface area (Å²) < 4.78 is 0. The summed E-state index contributed by atoms with van der Waals surface area (Å²) in [6.07, 6.45) is 5.34. The van der Waals surface area contributed by atoms with Gasteiger partial charge in [0.25, 0.3) is 0 Å². The van der Waals surface area contributed by atoms with Crippen molar-refractivity contribution in [2.45, 2.75) is 30.9 Å². The number of nitrogens with two attached hydrogens (primary N) is 1. The van der Waals surface area contributed by atoms with Crippen LogP contribution in [0.1, 0.15) is 25.7 Å². The van der Waals surface area contributed by atoms with Gasteiger partial charge in [-0.3, -0.25) is 0 Å². The predicted molar refractivity (Wildman–Crippen MR) is 56.2 cm³/mol. The number of hydrogen-bond acceptors (Lipinski definition) is 3. The minimum absolute atomic E-state index is 0.868. The molecule has 0 amide bonds. The molecule has 1 aliphatic rings. The molecule has 0 aromatic rings. The van der Waals surface area contributed by atoms with Gasteiger partial charge in [-0.2, -0.15) is 0 Å². The number of hydrogen-bond donors (Lipinski definition) is 1. The van der Waals surface area contributed by atoms with Crippen LogP contribution >= 0.6 is 23.5 Å². The summed E-state index contributed by atoms with van der Waals surface area (Å²) in [6.45, 7) is 0.868. The molecule has 1 heterocycles. The Labute approximate surface area is 77.9 Å². The molecular weight excluding hydrogens is 174 g/mol. The molecule has 0 saturated carbocycles. The summed E-state index contributed by atoms with van der Waals surface area (Å²) >= 11 is 4.22. The Hall–Kier alpha value is 0.660. The second-order valence-electron chi connectivity index (χ2n) is 2.92. The van der Waals surface area contributed by atoms with Gasteiger partial charge in [-0.15, -0.1) is 23.5 Å². The molecule has 11 heavy (non-hydrogen) atoms. The van der Waals surface area contributed by atoms with Crippen molar-refractivity contribution >= 4 is 23.5 Å². The Kier molecular flexibility index (Phi) is 5.50. The average molecular weight is 191 g/mol. The van der Waals surface area contributed by atoms with Gasteiger partial charge >= 0.3 is 0 Å². The highest BCUT2D eigenvalue weighted by molar-refractivity contribution is 8.19. The van der Waals surface area contributed by atoms with Gasteiger partial charge < -0.3 is 5.73 Å². The maximum absolute atomic E-state index is 5.41. The van der Waals surface area contributed by atoms with E-state index in [1.54, 1.807) is 0 Å². The number of unbranched alkanes of at least 4 members (excludes halogenated alkanes) is 2. The number of thioether (sulfide) groups is 2. The molecular formula is C8H17NS2. The van der Waals surface area contributed by atoms with E-state index in [9.17, 15) is 0 Å². The van der Waals surface area contributed by atoms with E-state index in [0.29, 0.717) is 0 Å². The molecule has 1 unspecified atom stereocenters. The van der Waals surface area contributed by atoms with Crippen molar-refractivity contribution < 1.29 is 0 Å². The van der Waals surface area contributed by atoms with Crippen molar-refractivity contribution in [2.75, 3.05) is 17.4 Å².